The maximum absolute atomic E-state index is 12.3. The lowest BCUT2D eigenvalue weighted by atomic mass is 10.1. The summed E-state index contributed by atoms with van der Waals surface area (Å²) in [6, 6.07) is 16.0. The fourth-order valence-corrected chi connectivity index (χ4v) is 2.53. The Bertz CT molecular complexity index is 623. The lowest BCUT2D eigenvalue weighted by Gasteiger charge is -2.18. The Labute approximate surface area is 133 Å². The van der Waals surface area contributed by atoms with E-state index >= 15 is 0 Å². The summed E-state index contributed by atoms with van der Waals surface area (Å²) in [6.45, 7) is 4.89. The molecule has 0 saturated carbocycles. The summed E-state index contributed by atoms with van der Waals surface area (Å²) < 4.78 is 0. The van der Waals surface area contributed by atoms with Gasteiger partial charge in [0.05, 0.1) is 0 Å². The molecule has 0 fully saturated rings. The molecule has 3 nitrogen and oxygen atoms in total. The number of para-hydroxylation sites is 2. The molecule has 0 radical (unpaired) electrons. The van der Waals surface area contributed by atoms with Crippen molar-refractivity contribution in [3.8, 4) is 0 Å². The highest BCUT2D eigenvalue weighted by atomic mass is 16.2. The number of hydrogen-bond donors (Lipinski definition) is 1. The molecule has 3 heteroatoms. The third-order valence-corrected chi connectivity index (χ3v) is 3.90. The van der Waals surface area contributed by atoms with Crippen molar-refractivity contribution in [3.05, 3.63) is 59.7 Å². The van der Waals surface area contributed by atoms with E-state index in [9.17, 15) is 4.79 Å². The molecule has 0 bridgehead atoms. The van der Waals surface area contributed by atoms with Crippen molar-refractivity contribution >= 4 is 17.3 Å². The molecule has 116 valence electrons. The lowest BCUT2D eigenvalue weighted by molar-refractivity contribution is -0.118. The fraction of sp³-hybridized carbons (Fsp3) is 0.316. The predicted octanol–water partition coefficient (Wildman–Crippen LogP) is 4.02. The van der Waals surface area contributed by atoms with Crippen molar-refractivity contribution in [2.24, 2.45) is 0 Å². The first-order valence-electron chi connectivity index (χ1n) is 7.77. The van der Waals surface area contributed by atoms with Gasteiger partial charge in [0.1, 0.15) is 0 Å². The molecule has 0 heterocycles. The van der Waals surface area contributed by atoms with Crippen LogP contribution >= 0.6 is 0 Å². The van der Waals surface area contributed by atoms with Gasteiger partial charge < -0.3 is 10.2 Å². The zero-order valence-corrected chi connectivity index (χ0v) is 13.6. The standard InChI is InChI=1S/C19H24N2O/c1-4-16-10-8-9-15(2)19(16)20-14-13-18(22)21(3)17-11-6-5-7-12-17/h5-12,20H,4,13-14H2,1-3H3. The number of amides is 1. The van der Waals surface area contributed by atoms with Crippen molar-refractivity contribution in [2.45, 2.75) is 26.7 Å². The topological polar surface area (TPSA) is 32.3 Å². The number of nitrogens with one attached hydrogen (secondary N) is 1. The van der Waals surface area contributed by atoms with E-state index in [-0.39, 0.29) is 5.91 Å². The van der Waals surface area contributed by atoms with Crippen molar-refractivity contribution in [2.75, 3.05) is 23.8 Å². The van der Waals surface area contributed by atoms with Crippen molar-refractivity contribution in [1.29, 1.82) is 0 Å². The molecule has 0 atom stereocenters. The predicted molar refractivity (Wildman–Crippen MR) is 93.5 cm³/mol. The molecular weight excluding hydrogens is 272 g/mol. The summed E-state index contributed by atoms with van der Waals surface area (Å²) in [5, 5.41) is 3.42. The number of carbonyl (C=O) groups excluding carboxylic acids is 1. The average molecular weight is 296 g/mol. The van der Waals surface area contributed by atoms with Gasteiger partial charge in [0, 0.05) is 31.4 Å². The third-order valence-electron chi connectivity index (χ3n) is 3.90. The Hall–Kier alpha value is -2.29. The van der Waals surface area contributed by atoms with Crippen LogP contribution in [0.5, 0.6) is 0 Å². The molecule has 0 aliphatic rings. The molecule has 0 aliphatic heterocycles. The second-order valence-corrected chi connectivity index (χ2v) is 5.43. The van der Waals surface area contributed by atoms with Gasteiger partial charge in [-0.2, -0.15) is 0 Å². The van der Waals surface area contributed by atoms with Crippen molar-refractivity contribution < 1.29 is 4.79 Å². The monoisotopic (exact) mass is 296 g/mol. The summed E-state index contributed by atoms with van der Waals surface area (Å²) >= 11 is 0. The van der Waals surface area contributed by atoms with Gasteiger partial charge in [-0.15, -0.1) is 0 Å². The molecule has 0 spiro atoms. The smallest absolute Gasteiger partial charge is 0.228 e. The zero-order chi connectivity index (χ0) is 15.9. The van der Waals surface area contributed by atoms with Gasteiger partial charge in [-0.05, 0) is 36.6 Å². The van der Waals surface area contributed by atoms with E-state index < -0.39 is 0 Å². The first kappa shape index (κ1) is 16.1. The van der Waals surface area contributed by atoms with Crippen LogP contribution in [0.25, 0.3) is 0 Å². The number of rotatable bonds is 6. The number of nitrogens with zero attached hydrogens (tertiary/aromatic N) is 1. The Morgan fingerprint density at radius 1 is 1.09 bits per heavy atom. The quantitative estimate of drug-likeness (QED) is 0.873. The van der Waals surface area contributed by atoms with Gasteiger partial charge >= 0.3 is 0 Å². The summed E-state index contributed by atoms with van der Waals surface area (Å²) in [4.78, 5) is 14.0. The Morgan fingerprint density at radius 2 is 1.82 bits per heavy atom. The van der Waals surface area contributed by atoms with Gasteiger partial charge in [-0.3, -0.25) is 4.79 Å². The van der Waals surface area contributed by atoms with Gasteiger partial charge in [0.2, 0.25) is 5.91 Å². The van der Waals surface area contributed by atoms with Crippen LogP contribution in [-0.4, -0.2) is 19.5 Å². The maximum Gasteiger partial charge on any atom is 0.228 e. The van der Waals surface area contributed by atoms with Gasteiger partial charge in [0.15, 0.2) is 0 Å². The van der Waals surface area contributed by atoms with Gasteiger partial charge in [-0.1, -0.05) is 43.3 Å². The Kier molecular flexibility index (Phi) is 5.59. The molecule has 0 aromatic heterocycles. The lowest BCUT2D eigenvalue weighted by Crippen LogP contribution is -2.28. The highest BCUT2D eigenvalue weighted by Crippen LogP contribution is 2.21. The van der Waals surface area contributed by atoms with E-state index in [0.29, 0.717) is 13.0 Å². The minimum absolute atomic E-state index is 0.116. The number of benzene rings is 2. The van der Waals surface area contributed by atoms with E-state index in [4.69, 9.17) is 0 Å². The van der Waals surface area contributed by atoms with Gasteiger partial charge in [-0.25, -0.2) is 0 Å². The summed E-state index contributed by atoms with van der Waals surface area (Å²) in [7, 11) is 1.82. The van der Waals surface area contributed by atoms with Crippen LogP contribution in [0.15, 0.2) is 48.5 Å². The zero-order valence-electron chi connectivity index (χ0n) is 13.6. The number of anilines is 2. The molecule has 0 aliphatic carbocycles. The van der Waals surface area contributed by atoms with Crippen molar-refractivity contribution in [1.82, 2.24) is 0 Å². The second kappa shape index (κ2) is 7.64. The fourth-order valence-electron chi connectivity index (χ4n) is 2.53. The average Bonchev–Trinajstić information content (AvgIpc) is 2.56. The molecule has 0 unspecified atom stereocenters. The first-order valence-corrected chi connectivity index (χ1v) is 7.77. The van der Waals surface area contributed by atoms with Crippen LogP contribution in [0.3, 0.4) is 0 Å². The van der Waals surface area contributed by atoms with Crippen LogP contribution in [0.1, 0.15) is 24.5 Å². The molecule has 2 aromatic rings. The molecular formula is C19H24N2O. The van der Waals surface area contributed by atoms with E-state index in [1.807, 2.05) is 37.4 Å². The van der Waals surface area contributed by atoms with E-state index in [1.54, 1.807) is 4.90 Å². The Balaban J connectivity index is 1.93. The molecule has 22 heavy (non-hydrogen) atoms. The van der Waals surface area contributed by atoms with E-state index in [0.717, 1.165) is 12.1 Å². The molecule has 1 N–H and O–H groups in total. The largest absolute Gasteiger partial charge is 0.384 e. The normalized spacial score (nSPS) is 10.3. The maximum atomic E-state index is 12.3. The molecule has 2 rings (SSSR count). The molecule has 0 saturated heterocycles. The SMILES string of the molecule is CCc1cccc(C)c1NCCC(=O)N(C)c1ccccc1. The summed E-state index contributed by atoms with van der Waals surface area (Å²) in [5.41, 5.74) is 4.62. The van der Waals surface area contributed by atoms with E-state index in [2.05, 4.69) is 37.4 Å². The highest BCUT2D eigenvalue weighted by molar-refractivity contribution is 5.93. The minimum Gasteiger partial charge on any atom is -0.384 e. The summed E-state index contributed by atoms with van der Waals surface area (Å²) in [5.74, 6) is 0.116. The van der Waals surface area contributed by atoms with Crippen LogP contribution in [0.4, 0.5) is 11.4 Å². The first-order chi connectivity index (χ1) is 10.6. The van der Waals surface area contributed by atoms with E-state index in [1.165, 1.54) is 16.8 Å². The number of hydrogen-bond acceptors (Lipinski definition) is 2. The van der Waals surface area contributed by atoms with Crippen molar-refractivity contribution in [3.63, 3.8) is 0 Å². The molecule has 1 amide bonds. The Morgan fingerprint density at radius 3 is 2.50 bits per heavy atom. The van der Waals surface area contributed by atoms with Gasteiger partial charge in [0.25, 0.3) is 0 Å². The van der Waals surface area contributed by atoms with Crippen LogP contribution in [0, 0.1) is 6.92 Å². The highest BCUT2D eigenvalue weighted by Gasteiger charge is 2.10. The second-order valence-electron chi connectivity index (χ2n) is 5.43. The third kappa shape index (κ3) is 3.88. The van der Waals surface area contributed by atoms with Crippen LogP contribution < -0.4 is 10.2 Å². The van der Waals surface area contributed by atoms with Crippen LogP contribution in [-0.2, 0) is 11.2 Å². The van der Waals surface area contributed by atoms with Crippen LogP contribution in [0.2, 0.25) is 0 Å². The minimum atomic E-state index is 0.116. The number of carbonyl (C=O) groups is 1. The molecule has 2 aromatic carbocycles. The summed E-state index contributed by atoms with van der Waals surface area (Å²) in [6.07, 6.45) is 1.46. The number of aryl methyl sites for hydroxylation is 2.